The van der Waals surface area contributed by atoms with Gasteiger partial charge in [-0.05, 0) is 24.8 Å². The van der Waals surface area contributed by atoms with Gasteiger partial charge in [-0.1, -0.05) is 26.7 Å². The van der Waals surface area contributed by atoms with Crippen LogP contribution < -0.4 is 5.32 Å². The highest BCUT2D eigenvalue weighted by atomic mass is 16.2. The second-order valence-electron chi connectivity index (χ2n) is 6.04. The van der Waals surface area contributed by atoms with Crippen LogP contribution in [0.3, 0.4) is 0 Å². The maximum atomic E-state index is 12.4. The molecule has 0 unspecified atom stereocenters. The van der Waals surface area contributed by atoms with E-state index in [0.29, 0.717) is 11.8 Å². The van der Waals surface area contributed by atoms with Gasteiger partial charge in [-0.15, -0.1) is 0 Å². The minimum Gasteiger partial charge on any atom is -0.310 e. The van der Waals surface area contributed by atoms with Gasteiger partial charge in [-0.3, -0.25) is 4.79 Å². The molecule has 2 aromatic heterocycles. The van der Waals surface area contributed by atoms with Crippen molar-refractivity contribution in [1.29, 1.82) is 0 Å². The van der Waals surface area contributed by atoms with Crippen LogP contribution in [0.2, 0.25) is 0 Å². The lowest BCUT2D eigenvalue weighted by Gasteiger charge is -2.11. The molecule has 2 heterocycles. The zero-order valence-electron chi connectivity index (χ0n) is 13.0. The first kappa shape index (κ1) is 14.7. The van der Waals surface area contributed by atoms with Gasteiger partial charge in [-0.25, -0.2) is 9.97 Å². The fraction of sp³-hybridized carbons (Fsp3) is 0.500. The van der Waals surface area contributed by atoms with Gasteiger partial charge in [0, 0.05) is 24.4 Å². The predicted octanol–water partition coefficient (Wildman–Crippen LogP) is 2.91. The van der Waals surface area contributed by atoms with Crippen molar-refractivity contribution in [2.24, 2.45) is 5.92 Å². The molecular formula is C16H21N5O. The van der Waals surface area contributed by atoms with Crippen LogP contribution in [-0.2, 0) is 4.79 Å². The van der Waals surface area contributed by atoms with Crippen molar-refractivity contribution >= 4 is 11.7 Å². The molecule has 3 rings (SSSR count). The highest BCUT2D eigenvalue weighted by molar-refractivity contribution is 5.92. The molecule has 0 radical (unpaired) electrons. The van der Waals surface area contributed by atoms with E-state index < -0.39 is 0 Å². The highest BCUT2D eigenvalue weighted by Gasteiger charge is 2.24. The summed E-state index contributed by atoms with van der Waals surface area (Å²) in [5.74, 6) is 1.57. The number of carbonyl (C=O) groups excluding carboxylic acids is 1. The normalized spacial score (nSPS) is 15.4. The Morgan fingerprint density at radius 1 is 1.27 bits per heavy atom. The number of anilines is 1. The Bertz CT molecular complexity index is 644. The molecular weight excluding hydrogens is 278 g/mol. The van der Waals surface area contributed by atoms with Crippen molar-refractivity contribution in [1.82, 2.24) is 19.7 Å². The fourth-order valence-corrected chi connectivity index (χ4v) is 2.74. The van der Waals surface area contributed by atoms with Crippen LogP contribution in [0.25, 0.3) is 5.95 Å². The maximum Gasteiger partial charge on any atom is 0.252 e. The molecule has 0 aromatic carbocycles. The lowest BCUT2D eigenvalue weighted by Crippen LogP contribution is -2.22. The maximum absolute atomic E-state index is 12.4. The van der Waals surface area contributed by atoms with Crippen molar-refractivity contribution in [3.8, 4) is 5.95 Å². The summed E-state index contributed by atoms with van der Waals surface area (Å²) in [7, 11) is 0. The van der Waals surface area contributed by atoms with Gasteiger partial charge in [0.1, 0.15) is 5.82 Å². The van der Waals surface area contributed by atoms with E-state index in [0.717, 1.165) is 31.4 Å². The standard InChI is InChI=1S/C16H21N5O/c1-11(2)13-10-14(19-15(22)12-6-3-4-7-12)21(20-13)16-17-8-5-9-18-16/h5,8-12H,3-4,6-7H2,1-2H3,(H,19,22). The Balaban J connectivity index is 1.90. The van der Waals surface area contributed by atoms with Gasteiger partial charge in [0.15, 0.2) is 0 Å². The number of carbonyl (C=O) groups is 1. The van der Waals surface area contributed by atoms with Gasteiger partial charge < -0.3 is 5.32 Å². The Kier molecular flexibility index (Phi) is 4.18. The summed E-state index contributed by atoms with van der Waals surface area (Å²) in [6.45, 7) is 4.14. The van der Waals surface area contributed by atoms with Crippen LogP contribution in [0.15, 0.2) is 24.5 Å². The molecule has 1 fully saturated rings. The lowest BCUT2D eigenvalue weighted by molar-refractivity contribution is -0.119. The monoisotopic (exact) mass is 299 g/mol. The lowest BCUT2D eigenvalue weighted by atomic mass is 10.1. The first-order chi connectivity index (χ1) is 10.6. The molecule has 1 N–H and O–H groups in total. The second kappa shape index (κ2) is 6.25. The molecule has 0 aliphatic heterocycles. The summed E-state index contributed by atoms with van der Waals surface area (Å²) in [6, 6.07) is 3.67. The quantitative estimate of drug-likeness (QED) is 0.942. The highest BCUT2D eigenvalue weighted by Crippen LogP contribution is 2.27. The van der Waals surface area contributed by atoms with E-state index in [1.54, 1.807) is 23.1 Å². The third kappa shape index (κ3) is 3.00. The topological polar surface area (TPSA) is 72.7 Å². The van der Waals surface area contributed by atoms with Crippen molar-refractivity contribution in [3.05, 3.63) is 30.2 Å². The van der Waals surface area contributed by atoms with Crippen LogP contribution in [-0.4, -0.2) is 25.7 Å². The molecule has 1 aliphatic carbocycles. The van der Waals surface area contributed by atoms with E-state index >= 15 is 0 Å². The van der Waals surface area contributed by atoms with Crippen LogP contribution in [0.1, 0.15) is 51.1 Å². The molecule has 0 atom stereocenters. The molecule has 0 saturated heterocycles. The van der Waals surface area contributed by atoms with Crippen LogP contribution >= 0.6 is 0 Å². The third-order valence-corrected chi connectivity index (χ3v) is 4.04. The summed E-state index contributed by atoms with van der Waals surface area (Å²) in [4.78, 5) is 20.8. The van der Waals surface area contributed by atoms with E-state index in [2.05, 4.69) is 34.2 Å². The van der Waals surface area contributed by atoms with Crippen molar-refractivity contribution < 1.29 is 4.79 Å². The molecule has 116 valence electrons. The number of nitrogens with one attached hydrogen (secondary N) is 1. The average Bonchev–Trinajstić information content (AvgIpc) is 3.17. The molecule has 2 aromatic rings. The first-order valence-corrected chi connectivity index (χ1v) is 7.83. The van der Waals surface area contributed by atoms with E-state index in [1.165, 1.54) is 0 Å². The number of amides is 1. The molecule has 22 heavy (non-hydrogen) atoms. The Hall–Kier alpha value is -2.24. The summed E-state index contributed by atoms with van der Waals surface area (Å²) in [5.41, 5.74) is 0.911. The molecule has 1 aliphatic rings. The zero-order valence-corrected chi connectivity index (χ0v) is 13.0. The molecule has 0 spiro atoms. The van der Waals surface area contributed by atoms with Crippen molar-refractivity contribution in [2.45, 2.75) is 45.4 Å². The number of hydrogen-bond donors (Lipinski definition) is 1. The summed E-state index contributed by atoms with van der Waals surface area (Å²) in [6.07, 6.45) is 7.55. The van der Waals surface area contributed by atoms with Gasteiger partial charge in [0.05, 0.1) is 5.69 Å². The third-order valence-electron chi connectivity index (χ3n) is 4.04. The molecule has 6 heteroatoms. The van der Waals surface area contributed by atoms with Gasteiger partial charge in [-0.2, -0.15) is 9.78 Å². The SMILES string of the molecule is CC(C)c1cc(NC(=O)C2CCCC2)n(-c2ncccn2)n1. The number of nitrogens with zero attached hydrogens (tertiary/aromatic N) is 4. The largest absolute Gasteiger partial charge is 0.310 e. The smallest absolute Gasteiger partial charge is 0.252 e. The van der Waals surface area contributed by atoms with Gasteiger partial charge in [0.2, 0.25) is 5.91 Å². The van der Waals surface area contributed by atoms with E-state index in [-0.39, 0.29) is 17.7 Å². The number of rotatable bonds is 4. The zero-order chi connectivity index (χ0) is 15.5. The Labute approximate surface area is 130 Å². The van der Waals surface area contributed by atoms with Crippen LogP contribution in [0.5, 0.6) is 0 Å². The summed E-state index contributed by atoms with van der Waals surface area (Å²) >= 11 is 0. The van der Waals surface area contributed by atoms with Crippen LogP contribution in [0, 0.1) is 5.92 Å². The van der Waals surface area contributed by atoms with Crippen molar-refractivity contribution in [2.75, 3.05) is 5.32 Å². The van der Waals surface area contributed by atoms with Gasteiger partial charge in [0.25, 0.3) is 5.95 Å². The van der Waals surface area contributed by atoms with Crippen molar-refractivity contribution in [3.63, 3.8) is 0 Å². The molecule has 6 nitrogen and oxygen atoms in total. The van der Waals surface area contributed by atoms with Crippen LogP contribution in [0.4, 0.5) is 5.82 Å². The average molecular weight is 299 g/mol. The summed E-state index contributed by atoms with van der Waals surface area (Å²) < 4.78 is 1.61. The molecule has 1 saturated carbocycles. The predicted molar refractivity (Wildman–Crippen MR) is 83.8 cm³/mol. The minimum atomic E-state index is 0.0740. The number of hydrogen-bond acceptors (Lipinski definition) is 4. The Morgan fingerprint density at radius 2 is 1.95 bits per heavy atom. The van der Waals surface area contributed by atoms with E-state index in [4.69, 9.17) is 0 Å². The van der Waals surface area contributed by atoms with E-state index in [9.17, 15) is 4.79 Å². The van der Waals surface area contributed by atoms with Gasteiger partial charge >= 0.3 is 0 Å². The first-order valence-electron chi connectivity index (χ1n) is 7.83. The fourth-order valence-electron chi connectivity index (χ4n) is 2.74. The molecule has 1 amide bonds. The number of aromatic nitrogens is 4. The Morgan fingerprint density at radius 3 is 2.59 bits per heavy atom. The second-order valence-corrected chi connectivity index (χ2v) is 6.04. The minimum absolute atomic E-state index is 0.0740. The molecule has 0 bridgehead atoms. The van der Waals surface area contributed by atoms with E-state index in [1.807, 2.05) is 6.07 Å². The summed E-state index contributed by atoms with van der Waals surface area (Å²) in [5, 5.41) is 7.54.